The maximum atomic E-state index is 4.50. The molecule has 1 heterocycles. The summed E-state index contributed by atoms with van der Waals surface area (Å²) in [4.78, 5) is 17.6. The van der Waals surface area contributed by atoms with Gasteiger partial charge in [-0.25, -0.2) is 0 Å². The Labute approximate surface area is 128 Å². The number of likely N-dealkylation sites (N-methyl/N-ethyl adjacent to an activating group) is 1. The predicted octanol–water partition coefficient (Wildman–Crippen LogP) is 1.51. The SMILES string of the molecule is CCN(CC)c1nc(NC)nc(NCCN(C)C(C)C)n1. The van der Waals surface area contributed by atoms with Crippen LogP contribution in [0.2, 0.25) is 0 Å². The molecule has 1 aromatic heterocycles. The van der Waals surface area contributed by atoms with Gasteiger partial charge in [-0.1, -0.05) is 0 Å². The fraction of sp³-hybridized carbons (Fsp3) is 0.786. The van der Waals surface area contributed by atoms with Gasteiger partial charge in [0.25, 0.3) is 0 Å². The Morgan fingerprint density at radius 1 is 1.05 bits per heavy atom. The lowest BCUT2D eigenvalue weighted by Gasteiger charge is -2.22. The van der Waals surface area contributed by atoms with Crippen molar-refractivity contribution in [2.45, 2.75) is 33.7 Å². The fourth-order valence-corrected chi connectivity index (χ4v) is 1.81. The van der Waals surface area contributed by atoms with Crippen LogP contribution in [0.15, 0.2) is 0 Å². The minimum atomic E-state index is 0.532. The molecule has 0 spiro atoms. The standard InChI is InChI=1S/C14H29N7/c1-7-21(8-2)14-18-12(15-5)17-13(19-14)16-9-10-20(6)11(3)4/h11H,7-10H2,1-6H3,(H2,15,16,17,18,19). The summed E-state index contributed by atoms with van der Waals surface area (Å²) in [5, 5.41) is 6.27. The molecular formula is C14H29N7. The van der Waals surface area contributed by atoms with Crippen LogP contribution in [0.25, 0.3) is 0 Å². The zero-order chi connectivity index (χ0) is 15.8. The maximum absolute atomic E-state index is 4.50. The van der Waals surface area contributed by atoms with Gasteiger partial charge in [0.2, 0.25) is 17.8 Å². The van der Waals surface area contributed by atoms with Crippen molar-refractivity contribution in [3.63, 3.8) is 0 Å². The number of nitrogens with one attached hydrogen (secondary N) is 2. The lowest BCUT2D eigenvalue weighted by molar-refractivity contribution is 0.284. The van der Waals surface area contributed by atoms with Crippen LogP contribution in [-0.2, 0) is 0 Å². The van der Waals surface area contributed by atoms with Crippen LogP contribution in [0.1, 0.15) is 27.7 Å². The number of hydrogen-bond donors (Lipinski definition) is 2. The first-order valence-electron chi connectivity index (χ1n) is 7.64. The molecule has 2 N–H and O–H groups in total. The molecule has 120 valence electrons. The lowest BCUT2D eigenvalue weighted by atomic mass is 10.3. The van der Waals surface area contributed by atoms with E-state index in [1.165, 1.54) is 0 Å². The molecule has 0 saturated carbocycles. The highest BCUT2D eigenvalue weighted by Gasteiger charge is 2.10. The molecule has 0 aliphatic carbocycles. The van der Waals surface area contributed by atoms with Crippen LogP contribution < -0.4 is 15.5 Å². The fourth-order valence-electron chi connectivity index (χ4n) is 1.81. The number of anilines is 3. The number of aromatic nitrogens is 3. The van der Waals surface area contributed by atoms with Crippen LogP contribution in [0.5, 0.6) is 0 Å². The molecule has 0 saturated heterocycles. The number of nitrogens with zero attached hydrogens (tertiary/aromatic N) is 5. The first-order valence-corrected chi connectivity index (χ1v) is 7.64. The van der Waals surface area contributed by atoms with Crippen molar-refractivity contribution < 1.29 is 0 Å². The Kier molecular flexibility index (Phi) is 7.14. The highest BCUT2D eigenvalue weighted by molar-refractivity contribution is 5.43. The van der Waals surface area contributed by atoms with E-state index in [1.54, 1.807) is 0 Å². The third-order valence-electron chi connectivity index (χ3n) is 3.52. The summed E-state index contributed by atoms with van der Waals surface area (Å²) in [6.45, 7) is 12.0. The van der Waals surface area contributed by atoms with Gasteiger partial charge in [0, 0.05) is 39.3 Å². The van der Waals surface area contributed by atoms with Gasteiger partial charge in [-0.05, 0) is 34.7 Å². The molecule has 0 aromatic carbocycles. The van der Waals surface area contributed by atoms with Gasteiger partial charge < -0.3 is 20.4 Å². The van der Waals surface area contributed by atoms with Crippen molar-refractivity contribution in [3.05, 3.63) is 0 Å². The number of rotatable bonds is 9. The van der Waals surface area contributed by atoms with E-state index < -0.39 is 0 Å². The van der Waals surface area contributed by atoms with Crippen molar-refractivity contribution in [2.24, 2.45) is 0 Å². The normalized spacial score (nSPS) is 11.0. The summed E-state index contributed by atoms with van der Waals surface area (Å²) in [7, 11) is 3.93. The van der Waals surface area contributed by atoms with Crippen molar-refractivity contribution in [1.29, 1.82) is 0 Å². The lowest BCUT2D eigenvalue weighted by Crippen LogP contribution is -2.31. The highest BCUT2D eigenvalue weighted by Crippen LogP contribution is 2.12. The molecule has 0 fully saturated rings. The van der Waals surface area contributed by atoms with E-state index in [0.29, 0.717) is 23.9 Å². The van der Waals surface area contributed by atoms with Gasteiger partial charge in [0.15, 0.2) is 0 Å². The second-order valence-corrected chi connectivity index (χ2v) is 5.21. The summed E-state index contributed by atoms with van der Waals surface area (Å²) in [6.07, 6.45) is 0. The molecule has 0 amide bonds. The van der Waals surface area contributed by atoms with Gasteiger partial charge >= 0.3 is 0 Å². The average molecular weight is 295 g/mol. The van der Waals surface area contributed by atoms with Crippen LogP contribution in [0.4, 0.5) is 17.8 Å². The van der Waals surface area contributed by atoms with E-state index in [2.05, 4.69) is 70.1 Å². The largest absolute Gasteiger partial charge is 0.357 e. The van der Waals surface area contributed by atoms with E-state index in [-0.39, 0.29) is 0 Å². The summed E-state index contributed by atoms with van der Waals surface area (Å²) in [5.41, 5.74) is 0. The van der Waals surface area contributed by atoms with Gasteiger partial charge in [0.05, 0.1) is 0 Å². The summed E-state index contributed by atoms with van der Waals surface area (Å²) >= 11 is 0. The Morgan fingerprint density at radius 3 is 2.19 bits per heavy atom. The summed E-state index contributed by atoms with van der Waals surface area (Å²) in [6, 6.07) is 0.532. The smallest absolute Gasteiger partial charge is 0.231 e. The Bertz CT molecular complexity index is 418. The van der Waals surface area contributed by atoms with Crippen LogP contribution in [-0.4, -0.2) is 66.2 Å². The van der Waals surface area contributed by atoms with E-state index in [4.69, 9.17) is 0 Å². The molecule has 0 atom stereocenters. The molecule has 0 aliphatic heterocycles. The minimum absolute atomic E-state index is 0.532. The molecule has 7 heteroatoms. The van der Waals surface area contributed by atoms with E-state index in [9.17, 15) is 0 Å². The van der Waals surface area contributed by atoms with Crippen molar-refractivity contribution in [3.8, 4) is 0 Å². The first-order chi connectivity index (χ1) is 10.0. The Morgan fingerprint density at radius 2 is 1.67 bits per heavy atom. The highest BCUT2D eigenvalue weighted by atomic mass is 15.3. The second-order valence-electron chi connectivity index (χ2n) is 5.21. The predicted molar refractivity (Wildman–Crippen MR) is 89.2 cm³/mol. The molecule has 0 aliphatic rings. The van der Waals surface area contributed by atoms with Crippen LogP contribution in [0, 0.1) is 0 Å². The molecule has 0 radical (unpaired) electrons. The molecule has 21 heavy (non-hydrogen) atoms. The van der Waals surface area contributed by atoms with E-state index in [0.717, 1.165) is 26.2 Å². The monoisotopic (exact) mass is 295 g/mol. The van der Waals surface area contributed by atoms with Crippen LogP contribution in [0.3, 0.4) is 0 Å². The molecule has 1 aromatic rings. The maximum Gasteiger partial charge on any atom is 0.231 e. The molecular weight excluding hydrogens is 266 g/mol. The van der Waals surface area contributed by atoms with E-state index >= 15 is 0 Å². The average Bonchev–Trinajstić information content (AvgIpc) is 2.48. The summed E-state index contributed by atoms with van der Waals surface area (Å²) in [5.74, 6) is 1.92. The van der Waals surface area contributed by atoms with Crippen molar-refractivity contribution in [1.82, 2.24) is 19.9 Å². The Hall–Kier alpha value is -1.63. The van der Waals surface area contributed by atoms with Crippen molar-refractivity contribution >= 4 is 17.8 Å². The topological polar surface area (TPSA) is 69.2 Å². The Balaban J connectivity index is 2.75. The summed E-state index contributed by atoms with van der Waals surface area (Å²) < 4.78 is 0. The molecule has 7 nitrogen and oxygen atoms in total. The zero-order valence-corrected chi connectivity index (χ0v) is 14.1. The van der Waals surface area contributed by atoms with Gasteiger partial charge in [-0.3, -0.25) is 0 Å². The van der Waals surface area contributed by atoms with Gasteiger partial charge in [-0.2, -0.15) is 15.0 Å². The first kappa shape index (κ1) is 17.4. The quantitative estimate of drug-likeness (QED) is 0.715. The molecule has 0 bridgehead atoms. The van der Waals surface area contributed by atoms with Gasteiger partial charge in [-0.15, -0.1) is 0 Å². The third-order valence-corrected chi connectivity index (χ3v) is 3.52. The van der Waals surface area contributed by atoms with Gasteiger partial charge in [0.1, 0.15) is 0 Å². The molecule has 0 unspecified atom stereocenters. The minimum Gasteiger partial charge on any atom is -0.357 e. The second kappa shape index (κ2) is 8.61. The van der Waals surface area contributed by atoms with Crippen molar-refractivity contribution in [2.75, 3.05) is 55.8 Å². The zero-order valence-electron chi connectivity index (χ0n) is 14.1. The van der Waals surface area contributed by atoms with Crippen LogP contribution >= 0.6 is 0 Å². The number of hydrogen-bond acceptors (Lipinski definition) is 7. The third kappa shape index (κ3) is 5.34. The molecule has 1 rings (SSSR count). The van der Waals surface area contributed by atoms with E-state index in [1.807, 2.05) is 7.05 Å².